The summed E-state index contributed by atoms with van der Waals surface area (Å²) in [5.74, 6) is -0.160. The Labute approximate surface area is 93.7 Å². The SMILES string of the molecule is CC(C)(C)OC(=O)[C@]1(C)C[C@H](Br)CN1. The minimum absolute atomic E-state index is 0.160. The number of hydrogen-bond acceptors (Lipinski definition) is 3. The second-order valence-corrected chi connectivity index (χ2v) is 6.31. The van der Waals surface area contributed by atoms with Gasteiger partial charge >= 0.3 is 5.97 Å². The Kier molecular flexibility index (Phi) is 3.26. The third-order valence-corrected chi connectivity index (χ3v) is 2.84. The van der Waals surface area contributed by atoms with Gasteiger partial charge in [-0.05, 0) is 34.1 Å². The van der Waals surface area contributed by atoms with E-state index >= 15 is 0 Å². The Morgan fingerprint density at radius 2 is 2.14 bits per heavy atom. The molecule has 82 valence electrons. The monoisotopic (exact) mass is 263 g/mol. The average molecular weight is 264 g/mol. The van der Waals surface area contributed by atoms with Crippen LogP contribution >= 0.6 is 15.9 Å². The van der Waals surface area contributed by atoms with E-state index in [1.165, 1.54) is 0 Å². The first kappa shape index (κ1) is 12.0. The maximum Gasteiger partial charge on any atom is 0.326 e. The van der Waals surface area contributed by atoms with Gasteiger partial charge in [0.05, 0.1) is 0 Å². The molecular weight excluding hydrogens is 246 g/mol. The Balaban J connectivity index is 2.61. The first-order chi connectivity index (χ1) is 6.23. The molecule has 1 fully saturated rings. The van der Waals surface area contributed by atoms with Crippen LogP contribution in [0.2, 0.25) is 0 Å². The Morgan fingerprint density at radius 1 is 1.57 bits per heavy atom. The van der Waals surface area contributed by atoms with Crippen molar-refractivity contribution in [3.05, 3.63) is 0 Å². The molecule has 1 heterocycles. The van der Waals surface area contributed by atoms with Crippen molar-refractivity contribution in [2.75, 3.05) is 6.54 Å². The molecule has 0 saturated carbocycles. The van der Waals surface area contributed by atoms with Crippen LogP contribution in [0.4, 0.5) is 0 Å². The Bertz CT molecular complexity index is 237. The van der Waals surface area contributed by atoms with Gasteiger partial charge in [-0.15, -0.1) is 0 Å². The van der Waals surface area contributed by atoms with Gasteiger partial charge in [-0.2, -0.15) is 0 Å². The summed E-state index contributed by atoms with van der Waals surface area (Å²) in [5, 5.41) is 3.18. The molecule has 1 saturated heterocycles. The number of esters is 1. The van der Waals surface area contributed by atoms with Crippen molar-refractivity contribution in [3.63, 3.8) is 0 Å². The molecule has 0 aromatic rings. The summed E-state index contributed by atoms with van der Waals surface area (Å²) in [6.07, 6.45) is 0.780. The highest BCUT2D eigenvalue weighted by molar-refractivity contribution is 9.09. The molecule has 0 unspecified atom stereocenters. The van der Waals surface area contributed by atoms with E-state index in [9.17, 15) is 4.79 Å². The summed E-state index contributed by atoms with van der Waals surface area (Å²) < 4.78 is 5.35. The van der Waals surface area contributed by atoms with Gasteiger partial charge in [-0.25, -0.2) is 0 Å². The molecule has 2 atom stereocenters. The van der Waals surface area contributed by atoms with Crippen LogP contribution in [-0.4, -0.2) is 28.5 Å². The van der Waals surface area contributed by atoms with Crippen molar-refractivity contribution in [1.29, 1.82) is 0 Å². The molecule has 3 nitrogen and oxygen atoms in total. The van der Waals surface area contributed by atoms with Crippen LogP contribution < -0.4 is 5.32 Å². The highest BCUT2D eigenvalue weighted by Crippen LogP contribution is 2.26. The van der Waals surface area contributed by atoms with Crippen LogP contribution in [0, 0.1) is 0 Å². The van der Waals surface area contributed by atoms with Crippen molar-refractivity contribution < 1.29 is 9.53 Å². The smallest absolute Gasteiger partial charge is 0.326 e. The molecular formula is C10H18BrNO2. The second kappa shape index (κ2) is 3.81. The van der Waals surface area contributed by atoms with Gasteiger partial charge in [0, 0.05) is 11.4 Å². The predicted octanol–water partition coefficient (Wildman–Crippen LogP) is 1.84. The van der Waals surface area contributed by atoms with Gasteiger partial charge in [0.15, 0.2) is 0 Å². The molecule has 0 aliphatic carbocycles. The summed E-state index contributed by atoms with van der Waals surface area (Å²) in [7, 11) is 0. The first-order valence-electron chi connectivity index (χ1n) is 4.85. The summed E-state index contributed by atoms with van der Waals surface area (Å²) >= 11 is 3.49. The van der Waals surface area contributed by atoms with E-state index in [2.05, 4.69) is 21.2 Å². The van der Waals surface area contributed by atoms with Gasteiger partial charge in [0.1, 0.15) is 11.1 Å². The summed E-state index contributed by atoms with van der Waals surface area (Å²) in [6, 6.07) is 0. The molecule has 1 aliphatic rings. The lowest BCUT2D eigenvalue weighted by Crippen LogP contribution is -2.48. The molecule has 0 radical (unpaired) electrons. The third kappa shape index (κ3) is 2.95. The maximum absolute atomic E-state index is 11.8. The zero-order valence-electron chi connectivity index (χ0n) is 9.19. The minimum atomic E-state index is -0.526. The number of carbonyl (C=O) groups excluding carboxylic acids is 1. The van der Waals surface area contributed by atoms with Crippen molar-refractivity contribution >= 4 is 21.9 Å². The lowest BCUT2D eigenvalue weighted by atomic mass is 10.0. The zero-order valence-corrected chi connectivity index (χ0v) is 10.8. The quantitative estimate of drug-likeness (QED) is 0.580. The molecule has 1 rings (SSSR count). The van der Waals surface area contributed by atoms with E-state index in [0.717, 1.165) is 13.0 Å². The van der Waals surface area contributed by atoms with Crippen LogP contribution in [0.3, 0.4) is 0 Å². The summed E-state index contributed by atoms with van der Waals surface area (Å²) in [6.45, 7) is 8.36. The van der Waals surface area contributed by atoms with Crippen molar-refractivity contribution in [2.45, 2.75) is 50.1 Å². The van der Waals surface area contributed by atoms with Crippen molar-refractivity contribution in [2.24, 2.45) is 0 Å². The van der Waals surface area contributed by atoms with Crippen LogP contribution in [0.15, 0.2) is 0 Å². The lowest BCUT2D eigenvalue weighted by molar-refractivity contribution is -0.161. The van der Waals surface area contributed by atoms with Crippen LogP contribution in [0.25, 0.3) is 0 Å². The molecule has 1 aliphatic heterocycles. The maximum atomic E-state index is 11.8. The van der Waals surface area contributed by atoms with Crippen molar-refractivity contribution in [1.82, 2.24) is 5.32 Å². The molecule has 0 aromatic carbocycles. The predicted molar refractivity (Wildman–Crippen MR) is 59.6 cm³/mol. The standard InChI is InChI=1S/C10H18BrNO2/c1-9(2,3)14-8(13)10(4)5-7(11)6-12-10/h7,12H,5-6H2,1-4H3/t7-,10-/m0/s1. The van der Waals surface area contributed by atoms with Crippen LogP contribution in [-0.2, 0) is 9.53 Å². The number of halogens is 1. The van der Waals surface area contributed by atoms with E-state index < -0.39 is 11.1 Å². The van der Waals surface area contributed by atoms with Gasteiger partial charge in [0.2, 0.25) is 0 Å². The average Bonchev–Trinajstić information content (AvgIpc) is 2.29. The third-order valence-electron chi connectivity index (χ3n) is 2.19. The van der Waals surface area contributed by atoms with Crippen LogP contribution in [0.1, 0.15) is 34.1 Å². The Morgan fingerprint density at radius 3 is 2.50 bits per heavy atom. The van der Waals surface area contributed by atoms with E-state index in [1.54, 1.807) is 0 Å². The fourth-order valence-corrected chi connectivity index (χ4v) is 2.28. The molecule has 0 bridgehead atoms. The van der Waals surface area contributed by atoms with Crippen LogP contribution in [0.5, 0.6) is 0 Å². The molecule has 4 heteroatoms. The van der Waals surface area contributed by atoms with Gasteiger partial charge < -0.3 is 10.1 Å². The minimum Gasteiger partial charge on any atom is -0.459 e. The number of ether oxygens (including phenoxy) is 1. The largest absolute Gasteiger partial charge is 0.459 e. The van der Waals surface area contributed by atoms with Gasteiger partial charge in [0.25, 0.3) is 0 Å². The van der Waals surface area contributed by atoms with Crippen molar-refractivity contribution in [3.8, 4) is 0 Å². The zero-order chi connectivity index (χ0) is 11.0. The number of alkyl halides is 1. The highest BCUT2D eigenvalue weighted by Gasteiger charge is 2.42. The normalized spacial score (nSPS) is 33.1. The van der Waals surface area contributed by atoms with E-state index in [-0.39, 0.29) is 5.97 Å². The number of nitrogens with one attached hydrogen (secondary N) is 1. The molecule has 0 aromatic heterocycles. The van der Waals surface area contributed by atoms with Gasteiger partial charge in [-0.3, -0.25) is 4.79 Å². The van der Waals surface area contributed by atoms with Gasteiger partial charge in [-0.1, -0.05) is 15.9 Å². The molecule has 14 heavy (non-hydrogen) atoms. The number of carbonyl (C=O) groups is 1. The lowest BCUT2D eigenvalue weighted by Gasteiger charge is -2.28. The molecule has 1 N–H and O–H groups in total. The summed E-state index contributed by atoms with van der Waals surface area (Å²) in [5.41, 5.74) is -0.937. The highest BCUT2D eigenvalue weighted by atomic mass is 79.9. The summed E-state index contributed by atoms with van der Waals surface area (Å²) in [4.78, 5) is 12.2. The number of rotatable bonds is 1. The second-order valence-electron chi connectivity index (χ2n) is 5.02. The number of hydrogen-bond donors (Lipinski definition) is 1. The molecule has 0 amide bonds. The fraction of sp³-hybridized carbons (Fsp3) is 0.900. The van der Waals surface area contributed by atoms with E-state index in [4.69, 9.17) is 4.74 Å². The Hall–Kier alpha value is -0.0900. The van der Waals surface area contributed by atoms with E-state index in [1.807, 2.05) is 27.7 Å². The topological polar surface area (TPSA) is 38.3 Å². The molecule has 0 spiro atoms. The van der Waals surface area contributed by atoms with E-state index in [0.29, 0.717) is 4.83 Å². The fourth-order valence-electron chi connectivity index (χ4n) is 1.47. The first-order valence-corrected chi connectivity index (χ1v) is 5.77.